The Morgan fingerprint density at radius 1 is 1.16 bits per heavy atom. The fourth-order valence-corrected chi connectivity index (χ4v) is 6.19. The van der Waals surface area contributed by atoms with Crippen LogP contribution in [-0.4, -0.2) is 63.6 Å². The Bertz CT molecular complexity index is 1010. The summed E-state index contributed by atoms with van der Waals surface area (Å²) < 4.78 is 33.2. The summed E-state index contributed by atoms with van der Waals surface area (Å²) in [6.45, 7) is 0.634. The minimum atomic E-state index is -3.69. The molecule has 2 aromatic rings. The Hall–Kier alpha value is -1.64. The molecule has 0 spiro atoms. The van der Waals surface area contributed by atoms with Crippen molar-refractivity contribution in [2.24, 2.45) is 5.92 Å². The number of methoxy groups -OCH3 is 1. The highest BCUT2D eigenvalue weighted by Gasteiger charge is 2.46. The van der Waals surface area contributed by atoms with E-state index in [1.807, 2.05) is 43.3 Å². The molecule has 0 heterocycles. The molecule has 3 rings (SSSR count). The lowest BCUT2D eigenvalue weighted by molar-refractivity contribution is -0.0745. The molecular formula is C23H31ClN2O4S. The van der Waals surface area contributed by atoms with Crippen LogP contribution in [0.5, 0.6) is 5.75 Å². The van der Waals surface area contributed by atoms with E-state index in [1.165, 1.54) is 10.4 Å². The van der Waals surface area contributed by atoms with Gasteiger partial charge in [-0.2, -0.15) is 4.31 Å². The number of nitrogens with zero attached hydrogens (tertiary/aromatic N) is 2. The van der Waals surface area contributed by atoms with Crippen molar-refractivity contribution < 1.29 is 18.3 Å². The molecule has 0 radical (unpaired) electrons. The number of hydrogen-bond donors (Lipinski definition) is 1. The van der Waals surface area contributed by atoms with Gasteiger partial charge in [-0.1, -0.05) is 29.8 Å². The average molecular weight is 467 g/mol. The molecule has 0 bridgehead atoms. The molecule has 1 aliphatic rings. The Labute approximate surface area is 190 Å². The van der Waals surface area contributed by atoms with Crippen molar-refractivity contribution in [1.82, 2.24) is 9.21 Å². The van der Waals surface area contributed by atoms with Gasteiger partial charge in [-0.05, 0) is 69.3 Å². The normalized spacial score (nSPS) is 24.5. The van der Waals surface area contributed by atoms with Crippen LogP contribution in [0.15, 0.2) is 53.4 Å². The van der Waals surface area contributed by atoms with Crippen LogP contribution in [0.3, 0.4) is 0 Å². The lowest BCUT2D eigenvalue weighted by atomic mass is 9.69. The van der Waals surface area contributed by atoms with E-state index in [0.717, 1.165) is 5.56 Å². The molecule has 170 valence electrons. The molecule has 0 amide bonds. The fraction of sp³-hybridized carbons (Fsp3) is 0.478. The standard InChI is InChI=1S/C23H31ClN2O4S/c1-25(2)16-18-13-20(26(3)31(28,29)22-10-6-8-19(24)15-22)11-12-23(18,27)17-7-5-9-21(14-17)30-4/h5-10,14-15,18,20,27H,11-13,16H2,1-4H3. The number of sulfonamides is 1. The first-order valence-corrected chi connectivity index (χ1v) is 12.1. The number of hydrogen-bond acceptors (Lipinski definition) is 5. The molecule has 1 saturated carbocycles. The predicted molar refractivity (Wildman–Crippen MR) is 123 cm³/mol. The Morgan fingerprint density at radius 2 is 1.87 bits per heavy atom. The predicted octanol–water partition coefficient (Wildman–Crippen LogP) is 3.59. The summed E-state index contributed by atoms with van der Waals surface area (Å²) in [5.74, 6) is 0.544. The largest absolute Gasteiger partial charge is 0.497 e. The van der Waals surface area contributed by atoms with E-state index >= 15 is 0 Å². The van der Waals surface area contributed by atoms with Crippen molar-refractivity contribution in [2.75, 3.05) is 34.8 Å². The quantitative estimate of drug-likeness (QED) is 0.675. The maximum Gasteiger partial charge on any atom is 0.243 e. The van der Waals surface area contributed by atoms with Gasteiger partial charge in [-0.15, -0.1) is 0 Å². The SMILES string of the molecule is COc1cccc(C2(O)CCC(N(C)S(=O)(=O)c3cccc(Cl)c3)CC2CN(C)C)c1. The van der Waals surface area contributed by atoms with Gasteiger partial charge in [0.25, 0.3) is 0 Å². The smallest absolute Gasteiger partial charge is 0.243 e. The topological polar surface area (TPSA) is 70.1 Å². The molecule has 8 heteroatoms. The van der Waals surface area contributed by atoms with Gasteiger partial charge in [0.1, 0.15) is 5.75 Å². The van der Waals surface area contributed by atoms with Crippen molar-refractivity contribution in [3.05, 3.63) is 59.1 Å². The molecule has 2 aromatic carbocycles. The number of benzene rings is 2. The molecule has 0 aliphatic heterocycles. The Morgan fingerprint density at radius 3 is 2.52 bits per heavy atom. The first-order valence-electron chi connectivity index (χ1n) is 10.3. The van der Waals surface area contributed by atoms with Crippen LogP contribution in [0.25, 0.3) is 0 Å². The first-order chi connectivity index (χ1) is 14.6. The third kappa shape index (κ3) is 5.07. The van der Waals surface area contributed by atoms with Crippen LogP contribution in [0.1, 0.15) is 24.8 Å². The van der Waals surface area contributed by atoms with Crippen molar-refractivity contribution in [2.45, 2.75) is 35.8 Å². The number of rotatable bonds is 7. The summed E-state index contributed by atoms with van der Waals surface area (Å²) >= 11 is 6.02. The third-order valence-electron chi connectivity index (χ3n) is 6.23. The van der Waals surface area contributed by atoms with E-state index in [4.69, 9.17) is 16.3 Å². The second-order valence-corrected chi connectivity index (χ2v) is 11.0. The van der Waals surface area contributed by atoms with E-state index in [9.17, 15) is 13.5 Å². The van der Waals surface area contributed by atoms with Crippen LogP contribution >= 0.6 is 11.6 Å². The number of halogens is 1. The highest BCUT2D eigenvalue weighted by Crippen LogP contribution is 2.44. The van der Waals surface area contributed by atoms with Gasteiger partial charge in [0.15, 0.2) is 0 Å². The van der Waals surface area contributed by atoms with Crippen molar-refractivity contribution in [3.8, 4) is 5.75 Å². The zero-order chi connectivity index (χ0) is 22.8. The second-order valence-electron chi connectivity index (χ2n) is 8.52. The Kier molecular flexibility index (Phi) is 7.33. The van der Waals surface area contributed by atoms with Gasteiger partial charge in [-0.3, -0.25) is 0 Å². The second kappa shape index (κ2) is 9.46. The van der Waals surface area contributed by atoms with Crippen LogP contribution in [0.2, 0.25) is 5.02 Å². The van der Waals surface area contributed by atoms with Gasteiger partial charge in [0, 0.05) is 30.6 Å². The number of ether oxygens (including phenoxy) is 1. The van der Waals surface area contributed by atoms with Crippen molar-refractivity contribution in [3.63, 3.8) is 0 Å². The molecule has 31 heavy (non-hydrogen) atoms. The van der Waals surface area contributed by atoms with E-state index in [0.29, 0.717) is 36.6 Å². The van der Waals surface area contributed by atoms with Gasteiger partial charge in [0.2, 0.25) is 10.0 Å². The average Bonchev–Trinajstić information content (AvgIpc) is 2.74. The minimum absolute atomic E-state index is 0.148. The highest BCUT2D eigenvalue weighted by molar-refractivity contribution is 7.89. The zero-order valence-corrected chi connectivity index (χ0v) is 20.0. The summed E-state index contributed by atoms with van der Waals surface area (Å²) in [5.41, 5.74) is -0.256. The van der Waals surface area contributed by atoms with Gasteiger partial charge in [-0.25, -0.2) is 8.42 Å². The maximum absolute atomic E-state index is 13.2. The minimum Gasteiger partial charge on any atom is -0.497 e. The van der Waals surface area contributed by atoms with Crippen molar-refractivity contribution >= 4 is 21.6 Å². The molecule has 1 fully saturated rings. The monoisotopic (exact) mass is 466 g/mol. The fourth-order valence-electron chi connectivity index (χ4n) is 4.49. The lowest BCUT2D eigenvalue weighted by Crippen LogP contribution is -2.50. The van der Waals surface area contributed by atoms with Gasteiger partial charge < -0.3 is 14.7 Å². The lowest BCUT2D eigenvalue weighted by Gasteiger charge is -2.46. The van der Waals surface area contributed by atoms with Crippen LogP contribution in [-0.2, 0) is 15.6 Å². The summed E-state index contributed by atoms with van der Waals surface area (Å²) in [7, 11) is 3.45. The molecule has 1 aliphatic carbocycles. The first kappa shape index (κ1) is 24.0. The van der Waals surface area contributed by atoms with E-state index < -0.39 is 15.6 Å². The molecule has 0 aromatic heterocycles. The summed E-state index contributed by atoms with van der Waals surface area (Å²) in [5, 5.41) is 12.1. The van der Waals surface area contributed by atoms with E-state index in [-0.39, 0.29) is 16.9 Å². The third-order valence-corrected chi connectivity index (χ3v) is 8.37. The summed E-state index contributed by atoms with van der Waals surface area (Å²) in [4.78, 5) is 2.21. The number of aliphatic hydroxyl groups is 1. The highest BCUT2D eigenvalue weighted by atomic mass is 35.5. The van der Waals surface area contributed by atoms with E-state index in [2.05, 4.69) is 0 Å². The molecule has 1 N–H and O–H groups in total. The maximum atomic E-state index is 13.2. The van der Waals surface area contributed by atoms with Crippen LogP contribution < -0.4 is 4.74 Å². The van der Waals surface area contributed by atoms with Crippen LogP contribution in [0, 0.1) is 5.92 Å². The molecule has 6 nitrogen and oxygen atoms in total. The molecular weight excluding hydrogens is 436 g/mol. The molecule has 0 saturated heterocycles. The van der Waals surface area contributed by atoms with Gasteiger partial charge >= 0.3 is 0 Å². The molecule has 3 atom stereocenters. The Balaban J connectivity index is 1.90. The van der Waals surface area contributed by atoms with Crippen LogP contribution in [0.4, 0.5) is 0 Å². The summed E-state index contributed by atoms with van der Waals surface area (Å²) in [6.07, 6.45) is 1.55. The van der Waals surface area contributed by atoms with E-state index in [1.54, 1.807) is 32.4 Å². The molecule has 3 unspecified atom stereocenters. The summed E-state index contributed by atoms with van der Waals surface area (Å²) in [6, 6.07) is 13.6. The van der Waals surface area contributed by atoms with Crippen molar-refractivity contribution in [1.29, 1.82) is 0 Å². The zero-order valence-electron chi connectivity index (χ0n) is 18.5. The van der Waals surface area contributed by atoms with Gasteiger partial charge in [0.05, 0.1) is 17.6 Å².